The Morgan fingerprint density at radius 1 is 1.07 bits per heavy atom. The molecule has 6 heteroatoms. The summed E-state index contributed by atoms with van der Waals surface area (Å²) in [7, 11) is 1.63. The number of nitrogens with one attached hydrogen (secondary N) is 2. The molecule has 29 heavy (non-hydrogen) atoms. The van der Waals surface area contributed by atoms with Crippen molar-refractivity contribution >= 4 is 22.7 Å². The van der Waals surface area contributed by atoms with Crippen molar-refractivity contribution in [3.05, 3.63) is 65.9 Å². The maximum atomic E-state index is 12.3. The van der Waals surface area contributed by atoms with Crippen LogP contribution in [0.1, 0.15) is 18.1 Å². The standard InChI is InChI=1S/C23H27N3O3/c1-17(27)26(14-12-18-7-9-20(29-2)10-8-18)16-23(28)24-13-11-19-15-25-22-6-4-3-5-21(19)22/h3-10,15,25H,11-14,16H2,1-2H3,(H,24,28). The molecule has 0 atom stereocenters. The molecule has 3 rings (SSSR count). The second kappa shape index (κ2) is 9.78. The van der Waals surface area contributed by atoms with Crippen molar-refractivity contribution in [2.75, 3.05) is 26.7 Å². The molecule has 152 valence electrons. The molecule has 0 saturated heterocycles. The Balaban J connectivity index is 1.46. The highest BCUT2D eigenvalue weighted by atomic mass is 16.5. The van der Waals surface area contributed by atoms with E-state index in [2.05, 4.69) is 16.4 Å². The minimum Gasteiger partial charge on any atom is -0.497 e. The van der Waals surface area contributed by atoms with Gasteiger partial charge < -0.3 is 19.9 Å². The molecule has 2 amide bonds. The first-order valence-corrected chi connectivity index (χ1v) is 9.77. The zero-order chi connectivity index (χ0) is 20.6. The van der Waals surface area contributed by atoms with E-state index in [1.807, 2.05) is 48.7 Å². The summed E-state index contributed by atoms with van der Waals surface area (Å²) in [6.45, 7) is 2.59. The van der Waals surface area contributed by atoms with Gasteiger partial charge in [-0.15, -0.1) is 0 Å². The first-order valence-electron chi connectivity index (χ1n) is 9.77. The van der Waals surface area contributed by atoms with Crippen LogP contribution >= 0.6 is 0 Å². The van der Waals surface area contributed by atoms with E-state index in [4.69, 9.17) is 4.74 Å². The number of amides is 2. The minimum atomic E-state index is -0.144. The Labute approximate surface area is 170 Å². The number of rotatable bonds is 9. The van der Waals surface area contributed by atoms with E-state index in [0.717, 1.165) is 23.3 Å². The number of benzene rings is 2. The molecule has 2 aromatic carbocycles. The average Bonchev–Trinajstić information content (AvgIpc) is 3.14. The summed E-state index contributed by atoms with van der Waals surface area (Å²) in [5, 5.41) is 4.09. The first kappa shape index (κ1) is 20.5. The third-order valence-electron chi connectivity index (χ3n) is 5.00. The number of nitrogens with zero attached hydrogens (tertiary/aromatic N) is 1. The van der Waals surface area contributed by atoms with Crippen LogP contribution in [0, 0.1) is 0 Å². The molecule has 0 aliphatic heterocycles. The molecule has 1 aromatic heterocycles. The van der Waals surface area contributed by atoms with Crippen molar-refractivity contribution < 1.29 is 14.3 Å². The lowest BCUT2D eigenvalue weighted by atomic mass is 10.1. The monoisotopic (exact) mass is 393 g/mol. The van der Waals surface area contributed by atoms with Crippen molar-refractivity contribution in [3.8, 4) is 5.75 Å². The van der Waals surface area contributed by atoms with E-state index in [1.165, 1.54) is 17.9 Å². The molecule has 0 aliphatic rings. The molecule has 0 unspecified atom stereocenters. The largest absolute Gasteiger partial charge is 0.497 e. The van der Waals surface area contributed by atoms with E-state index in [1.54, 1.807) is 12.0 Å². The van der Waals surface area contributed by atoms with Gasteiger partial charge in [-0.05, 0) is 42.2 Å². The number of para-hydroxylation sites is 1. The lowest BCUT2D eigenvalue weighted by molar-refractivity contribution is -0.134. The molecule has 0 fully saturated rings. The molecule has 0 aliphatic carbocycles. The Hall–Kier alpha value is -3.28. The minimum absolute atomic E-state index is 0.0688. The molecule has 0 spiro atoms. The van der Waals surface area contributed by atoms with Gasteiger partial charge in [-0.2, -0.15) is 0 Å². The maximum absolute atomic E-state index is 12.3. The third kappa shape index (κ3) is 5.60. The number of carbonyl (C=O) groups is 2. The second-order valence-electron chi connectivity index (χ2n) is 7.00. The predicted octanol–water partition coefficient (Wildman–Crippen LogP) is 2.93. The quantitative estimate of drug-likeness (QED) is 0.587. The van der Waals surface area contributed by atoms with Gasteiger partial charge in [0.05, 0.1) is 13.7 Å². The topological polar surface area (TPSA) is 74.4 Å². The van der Waals surface area contributed by atoms with Crippen molar-refractivity contribution in [2.24, 2.45) is 0 Å². The van der Waals surface area contributed by atoms with Crippen LogP contribution < -0.4 is 10.1 Å². The van der Waals surface area contributed by atoms with Gasteiger partial charge in [-0.25, -0.2) is 0 Å². The highest BCUT2D eigenvalue weighted by Gasteiger charge is 2.13. The van der Waals surface area contributed by atoms with Crippen molar-refractivity contribution in [3.63, 3.8) is 0 Å². The number of carbonyl (C=O) groups excluding carboxylic acids is 2. The van der Waals surface area contributed by atoms with Crippen LogP contribution in [0.25, 0.3) is 10.9 Å². The Bertz CT molecular complexity index is 963. The lowest BCUT2D eigenvalue weighted by Gasteiger charge is -2.20. The first-order chi connectivity index (χ1) is 14.1. The Morgan fingerprint density at radius 2 is 1.83 bits per heavy atom. The number of H-pyrrole nitrogens is 1. The third-order valence-corrected chi connectivity index (χ3v) is 5.00. The summed E-state index contributed by atoms with van der Waals surface area (Å²) in [5.41, 5.74) is 3.36. The summed E-state index contributed by atoms with van der Waals surface area (Å²) >= 11 is 0. The van der Waals surface area contributed by atoms with Crippen LogP contribution in [-0.2, 0) is 22.4 Å². The number of hydrogen-bond donors (Lipinski definition) is 2. The molecule has 1 heterocycles. The van der Waals surface area contributed by atoms with E-state index in [-0.39, 0.29) is 18.4 Å². The SMILES string of the molecule is COc1ccc(CCN(CC(=O)NCCc2c[nH]c3ccccc23)C(C)=O)cc1. The van der Waals surface area contributed by atoms with Crippen molar-refractivity contribution in [1.82, 2.24) is 15.2 Å². The summed E-state index contributed by atoms with van der Waals surface area (Å²) in [5.74, 6) is 0.548. The summed E-state index contributed by atoms with van der Waals surface area (Å²) in [6, 6.07) is 15.8. The van der Waals surface area contributed by atoms with Crippen LogP contribution in [0.3, 0.4) is 0 Å². The number of hydrogen-bond acceptors (Lipinski definition) is 3. The normalized spacial score (nSPS) is 10.7. The Kier molecular flexibility index (Phi) is 6.89. The van der Waals surface area contributed by atoms with Gasteiger partial charge in [0.15, 0.2) is 0 Å². The van der Waals surface area contributed by atoms with Gasteiger partial charge >= 0.3 is 0 Å². The number of aromatic amines is 1. The Morgan fingerprint density at radius 3 is 2.55 bits per heavy atom. The van der Waals surface area contributed by atoms with Crippen LogP contribution in [-0.4, -0.2) is 48.4 Å². The highest BCUT2D eigenvalue weighted by molar-refractivity contribution is 5.84. The zero-order valence-corrected chi connectivity index (χ0v) is 16.9. The molecule has 0 radical (unpaired) electrons. The predicted molar refractivity (Wildman–Crippen MR) is 114 cm³/mol. The second-order valence-corrected chi connectivity index (χ2v) is 7.00. The fourth-order valence-corrected chi connectivity index (χ4v) is 3.31. The number of fused-ring (bicyclic) bond motifs is 1. The van der Waals surface area contributed by atoms with Gasteiger partial charge in [0, 0.05) is 37.1 Å². The molecular weight excluding hydrogens is 366 g/mol. The summed E-state index contributed by atoms with van der Waals surface area (Å²) in [6.07, 6.45) is 3.40. The molecule has 0 bridgehead atoms. The molecule has 3 aromatic rings. The van der Waals surface area contributed by atoms with E-state index in [0.29, 0.717) is 19.5 Å². The summed E-state index contributed by atoms with van der Waals surface area (Å²) in [4.78, 5) is 29.1. The summed E-state index contributed by atoms with van der Waals surface area (Å²) < 4.78 is 5.15. The number of methoxy groups -OCH3 is 1. The molecular formula is C23H27N3O3. The average molecular weight is 393 g/mol. The van der Waals surface area contributed by atoms with Gasteiger partial charge in [-0.3, -0.25) is 9.59 Å². The number of aromatic nitrogens is 1. The zero-order valence-electron chi connectivity index (χ0n) is 16.9. The van der Waals surface area contributed by atoms with Gasteiger partial charge in [-0.1, -0.05) is 30.3 Å². The maximum Gasteiger partial charge on any atom is 0.239 e. The van der Waals surface area contributed by atoms with Gasteiger partial charge in [0.25, 0.3) is 0 Å². The van der Waals surface area contributed by atoms with Crippen LogP contribution in [0.5, 0.6) is 5.75 Å². The van der Waals surface area contributed by atoms with E-state index < -0.39 is 0 Å². The van der Waals surface area contributed by atoms with Crippen LogP contribution in [0.15, 0.2) is 54.7 Å². The smallest absolute Gasteiger partial charge is 0.239 e. The van der Waals surface area contributed by atoms with Gasteiger partial charge in [0.2, 0.25) is 11.8 Å². The molecule has 2 N–H and O–H groups in total. The van der Waals surface area contributed by atoms with Crippen LogP contribution in [0.2, 0.25) is 0 Å². The fourth-order valence-electron chi connectivity index (χ4n) is 3.31. The lowest BCUT2D eigenvalue weighted by Crippen LogP contribution is -2.41. The molecule has 0 saturated carbocycles. The fraction of sp³-hybridized carbons (Fsp3) is 0.304. The highest BCUT2D eigenvalue weighted by Crippen LogP contribution is 2.17. The number of ether oxygens (including phenoxy) is 1. The van der Waals surface area contributed by atoms with Crippen molar-refractivity contribution in [1.29, 1.82) is 0 Å². The van der Waals surface area contributed by atoms with Crippen LogP contribution in [0.4, 0.5) is 0 Å². The van der Waals surface area contributed by atoms with E-state index >= 15 is 0 Å². The van der Waals surface area contributed by atoms with Gasteiger partial charge in [0.1, 0.15) is 5.75 Å². The molecule has 6 nitrogen and oxygen atoms in total. The van der Waals surface area contributed by atoms with Crippen molar-refractivity contribution in [2.45, 2.75) is 19.8 Å². The van der Waals surface area contributed by atoms with E-state index in [9.17, 15) is 9.59 Å².